The maximum atomic E-state index is 12.3. The molecule has 0 aliphatic carbocycles. The number of carbonyl (C=O) groups excluding carboxylic acids is 1. The standard InChI is InChI=1S/C18H20N4OS/c1-13-10-14(4-5-16(13)21-6-2-3-7-21)19-17(23)11-15-12-22-8-9-24-18(22)20-15/h4-5,8-10,12H,2-3,6-7,11H2,1H3,(H,19,23). The number of hydrogen-bond donors (Lipinski definition) is 1. The van der Waals surface area contributed by atoms with Gasteiger partial charge in [0.05, 0.1) is 12.1 Å². The van der Waals surface area contributed by atoms with Gasteiger partial charge in [0, 0.05) is 42.2 Å². The van der Waals surface area contributed by atoms with Gasteiger partial charge in [-0.25, -0.2) is 4.98 Å². The summed E-state index contributed by atoms with van der Waals surface area (Å²) in [6, 6.07) is 6.16. The Bertz CT molecular complexity index is 848. The molecule has 3 aromatic rings. The molecule has 4 rings (SSSR count). The van der Waals surface area contributed by atoms with E-state index in [1.54, 1.807) is 11.3 Å². The molecule has 1 aliphatic rings. The van der Waals surface area contributed by atoms with Crippen LogP contribution in [0.15, 0.2) is 36.0 Å². The number of aromatic nitrogens is 2. The second-order valence-electron chi connectivity index (χ2n) is 6.25. The molecular formula is C18H20N4OS. The summed E-state index contributed by atoms with van der Waals surface area (Å²) in [5.41, 5.74) is 4.13. The number of fused-ring (bicyclic) bond motifs is 1. The second-order valence-corrected chi connectivity index (χ2v) is 7.12. The number of rotatable bonds is 4. The molecule has 1 saturated heterocycles. The molecule has 5 nitrogen and oxygen atoms in total. The molecule has 0 radical (unpaired) electrons. The first-order valence-electron chi connectivity index (χ1n) is 8.25. The summed E-state index contributed by atoms with van der Waals surface area (Å²) in [7, 11) is 0. The number of hydrogen-bond acceptors (Lipinski definition) is 4. The largest absolute Gasteiger partial charge is 0.371 e. The summed E-state index contributed by atoms with van der Waals surface area (Å²) in [4.78, 5) is 20.1. The van der Waals surface area contributed by atoms with Crippen molar-refractivity contribution >= 4 is 33.6 Å². The minimum Gasteiger partial charge on any atom is -0.371 e. The van der Waals surface area contributed by atoms with E-state index < -0.39 is 0 Å². The fourth-order valence-corrected chi connectivity index (χ4v) is 4.00. The molecule has 1 aliphatic heterocycles. The molecular weight excluding hydrogens is 320 g/mol. The molecule has 1 amide bonds. The van der Waals surface area contributed by atoms with Gasteiger partial charge in [-0.05, 0) is 43.5 Å². The molecule has 0 saturated carbocycles. The van der Waals surface area contributed by atoms with Crippen LogP contribution in [0.5, 0.6) is 0 Å². The van der Waals surface area contributed by atoms with Crippen molar-refractivity contribution < 1.29 is 4.79 Å². The van der Waals surface area contributed by atoms with Gasteiger partial charge in [-0.15, -0.1) is 11.3 Å². The fraction of sp³-hybridized carbons (Fsp3) is 0.333. The lowest BCUT2D eigenvalue weighted by Gasteiger charge is -2.20. The number of amides is 1. The van der Waals surface area contributed by atoms with Crippen molar-refractivity contribution in [2.45, 2.75) is 26.2 Å². The van der Waals surface area contributed by atoms with Gasteiger partial charge >= 0.3 is 0 Å². The van der Waals surface area contributed by atoms with Crippen LogP contribution in [0.2, 0.25) is 0 Å². The summed E-state index contributed by atoms with van der Waals surface area (Å²) in [6.07, 6.45) is 6.68. The molecule has 0 spiro atoms. The summed E-state index contributed by atoms with van der Waals surface area (Å²) < 4.78 is 1.95. The van der Waals surface area contributed by atoms with Gasteiger partial charge in [-0.1, -0.05) is 0 Å². The Balaban J connectivity index is 1.43. The van der Waals surface area contributed by atoms with Crippen molar-refractivity contribution in [3.63, 3.8) is 0 Å². The molecule has 1 N–H and O–H groups in total. The average Bonchev–Trinajstić information content (AvgIpc) is 3.23. The van der Waals surface area contributed by atoms with Gasteiger partial charge in [0.1, 0.15) is 0 Å². The van der Waals surface area contributed by atoms with Crippen molar-refractivity contribution in [2.24, 2.45) is 0 Å². The zero-order valence-electron chi connectivity index (χ0n) is 13.7. The molecule has 124 valence electrons. The first kappa shape index (κ1) is 15.2. The van der Waals surface area contributed by atoms with Crippen molar-refractivity contribution in [1.82, 2.24) is 9.38 Å². The van der Waals surface area contributed by atoms with Crippen LogP contribution in [-0.4, -0.2) is 28.4 Å². The number of nitrogens with zero attached hydrogens (tertiary/aromatic N) is 3. The van der Waals surface area contributed by atoms with Gasteiger partial charge in [-0.2, -0.15) is 0 Å². The SMILES string of the molecule is Cc1cc(NC(=O)Cc2cn3ccsc3n2)ccc1N1CCCC1. The van der Waals surface area contributed by atoms with E-state index in [1.807, 2.05) is 28.2 Å². The number of imidazole rings is 1. The number of anilines is 2. The minimum atomic E-state index is -0.0333. The highest BCUT2D eigenvalue weighted by Crippen LogP contribution is 2.26. The zero-order valence-corrected chi connectivity index (χ0v) is 14.5. The zero-order chi connectivity index (χ0) is 16.5. The van der Waals surface area contributed by atoms with E-state index >= 15 is 0 Å². The Kier molecular flexibility index (Phi) is 3.98. The van der Waals surface area contributed by atoms with Gasteiger partial charge in [0.15, 0.2) is 4.96 Å². The lowest BCUT2D eigenvalue weighted by Crippen LogP contribution is -2.19. The highest BCUT2D eigenvalue weighted by atomic mass is 32.1. The van der Waals surface area contributed by atoms with Crippen molar-refractivity contribution in [2.75, 3.05) is 23.3 Å². The van der Waals surface area contributed by atoms with Crippen LogP contribution < -0.4 is 10.2 Å². The summed E-state index contributed by atoms with van der Waals surface area (Å²) in [5, 5.41) is 4.97. The van der Waals surface area contributed by atoms with Crippen LogP contribution in [0.4, 0.5) is 11.4 Å². The van der Waals surface area contributed by atoms with Gasteiger partial charge < -0.3 is 10.2 Å². The number of carbonyl (C=O) groups is 1. The Morgan fingerprint density at radius 3 is 2.92 bits per heavy atom. The van der Waals surface area contributed by atoms with Gasteiger partial charge in [0.25, 0.3) is 0 Å². The molecule has 24 heavy (non-hydrogen) atoms. The van der Waals surface area contributed by atoms with Crippen molar-refractivity contribution in [1.29, 1.82) is 0 Å². The third kappa shape index (κ3) is 3.01. The van der Waals surface area contributed by atoms with E-state index in [1.165, 1.54) is 24.1 Å². The highest BCUT2D eigenvalue weighted by Gasteiger charge is 2.15. The summed E-state index contributed by atoms with van der Waals surface area (Å²) >= 11 is 1.57. The fourth-order valence-electron chi connectivity index (χ4n) is 3.28. The third-order valence-corrected chi connectivity index (χ3v) is 5.18. The first-order valence-corrected chi connectivity index (χ1v) is 9.13. The van der Waals surface area contributed by atoms with Crippen molar-refractivity contribution in [3.8, 4) is 0 Å². The van der Waals surface area contributed by atoms with Crippen LogP contribution in [0.3, 0.4) is 0 Å². The number of thiazole rings is 1. The smallest absolute Gasteiger partial charge is 0.230 e. The van der Waals surface area contributed by atoms with Crippen LogP contribution in [0.25, 0.3) is 4.96 Å². The van der Waals surface area contributed by atoms with E-state index in [0.29, 0.717) is 6.42 Å². The van der Waals surface area contributed by atoms with Crippen LogP contribution in [-0.2, 0) is 11.2 Å². The van der Waals surface area contributed by atoms with Crippen LogP contribution in [0.1, 0.15) is 24.1 Å². The maximum absolute atomic E-state index is 12.3. The molecule has 1 aromatic carbocycles. The van der Waals surface area contributed by atoms with Crippen molar-refractivity contribution in [3.05, 3.63) is 47.2 Å². The van der Waals surface area contributed by atoms with Gasteiger partial charge in [-0.3, -0.25) is 9.20 Å². The molecule has 3 heterocycles. The Morgan fingerprint density at radius 1 is 1.33 bits per heavy atom. The van der Waals surface area contributed by atoms with E-state index in [4.69, 9.17) is 0 Å². The minimum absolute atomic E-state index is 0.0333. The molecule has 6 heteroatoms. The quantitative estimate of drug-likeness (QED) is 0.791. The molecule has 1 fully saturated rings. The number of benzene rings is 1. The molecule has 0 bridgehead atoms. The summed E-state index contributed by atoms with van der Waals surface area (Å²) in [5.74, 6) is -0.0333. The van der Waals surface area contributed by atoms with E-state index in [9.17, 15) is 4.79 Å². The average molecular weight is 340 g/mol. The van der Waals surface area contributed by atoms with E-state index in [0.717, 1.165) is 29.4 Å². The lowest BCUT2D eigenvalue weighted by molar-refractivity contribution is -0.115. The molecule has 2 aromatic heterocycles. The molecule has 0 unspecified atom stereocenters. The maximum Gasteiger partial charge on any atom is 0.230 e. The van der Waals surface area contributed by atoms with E-state index in [2.05, 4.69) is 34.3 Å². The Labute approximate surface area is 144 Å². The predicted octanol–water partition coefficient (Wildman–Crippen LogP) is 3.49. The highest BCUT2D eigenvalue weighted by molar-refractivity contribution is 7.15. The van der Waals surface area contributed by atoms with Crippen LogP contribution in [0, 0.1) is 6.92 Å². The number of nitrogens with one attached hydrogen (secondary N) is 1. The van der Waals surface area contributed by atoms with E-state index in [-0.39, 0.29) is 5.91 Å². The number of aryl methyl sites for hydroxylation is 1. The third-order valence-electron chi connectivity index (χ3n) is 4.41. The molecule has 0 atom stereocenters. The predicted molar refractivity (Wildman–Crippen MR) is 98.0 cm³/mol. The Hall–Kier alpha value is -2.34. The van der Waals surface area contributed by atoms with Gasteiger partial charge in [0.2, 0.25) is 5.91 Å². The van der Waals surface area contributed by atoms with Crippen LogP contribution >= 0.6 is 11.3 Å². The first-order chi connectivity index (χ1) is 11.7. The monoisotopic (exact) mass is 340 g/mol. The Morgan fingerprint density at radius 2 is 2.17 bits per heavy atom. The second kappa shape index (κ2) is 6.28. The normalized spacial score (nSPS) is 14.5. The lowest BCUT2D eigenvalue weighted by atomic mass is 10.1. The summed E-state index contributed by atoms with van der Waals surface area (Å²) in [6.45, 7) is 4.36. The topological polar surface area (TPSA) is 49.6 Å².